The summed E-state index contributed by atoms with van der Waals surface area (Å²) in [6.07, 6.45) is 6.42. The van der Waals surface area contributed by atoms with Crippen molar-refractivity contribution in [3.63, 3.8) is 0 Å². The second-order valence-electron chi connectivity index (χ2n) is 5.77. The van der Waals surface area contributed by atoms with Gasteiger partial charge < -0.3 is 24.6 Å². The number of hydrogen-bond acceptors (Lipinski definition) is 4. The first-order valence-corrected chi connectivity index (χ1v) is 7.85. The zero-order valence-corrected chi connectivity index (χ0v) is 14.7. The standard InChI is InChI=1S/C16H29NO5.Li/c1-4-5-6-7-8-9-10-17(11-12-18,13(2)15(19)20)14(3)16(21)22;/h4,13-14,18H,1,5-12H2,2-3H3,(H-,19,20,21,22);/q;+1. The van der Waals surface area contributed by atoms with Gasteiger partial charge in [0, 0.05) is 0 Å². The van der Waals surface area contributed by atoms with Crippen molar-refractivity contribution >= 4 is 11.9 Å². The average molecular weight is 322 g/mol. The number of rotatable bonds is 13. The minimum absolute atomic E-state index is 0. The summed E-state index contributed by atoms with van der Waals surface area (Å²) < 4.78 is -0.185. The predicted octanol–water partition coefficient (Wildman–Crippen LogP) is -2.45. The first-order valence-electron chi connectivity index (χ1n) is 7.85. The molecule has 0 fully saturated rings. The molecule has 0 amide bonds. The Labute approximate surface area is 150 Å². The number of carboxylic acids is 2. The Morgan fingerprint density at radius 1 is 1.13 bits per heavy atom. The van der Waals surface area contributed by atoms with E-state index in [0.717, 1.165) is 25.7 Å². The van der Waals surface area contributed by atoms with Crippen LogP contribution in [0.5, 0.6) is 0 Å². The Morgan fingerprint density at radius 2 is 1.70 bits per heavy atom. The van der Waals surface area contributed by atoms with Crippen LogP contribution in [0.2, 0.25) is 0 Å². The van der Waals surface area contributed by atoms with Crippen molar-refractivity contribution < 1.29 is 48.3 Å². The van der Waals surface area contributed by atoms with Crippen molar-refractivity contribution in [1.29, 1.82) is 0 Å². The third-order valence-electron chi connectivity index (χ3n) is 4.49. The van der Waals surface area contributed by atoms with Crippen molar-refractivity contribution in [2.75, 3.05) is 19.7 Å². The summed E-state index contributed by atoms with van der Waals surface area (Å²) in [5, 5.41) is 29.9. The smallest absolute Gasteiger partial charge is 0.544 e. The molecule has 3 atom stereocenters. The summed E-state index contributed by atoms with van der Waals surface area (Å²) in [5.41, 5.74) is 0. The second kappa shape index (κ2) is 12.6. The van der Waals surface area contributed by atoms with Crippen LogP contribution in [0.3, 0.4) is 0 Å². The third kappa shape index (κ3) is 7.54. The van der Waals surface area contributed by atoms with Gasteiger partial charge in [0.15, 0.2) is 6.04 Å². The van der Waals surface area contributed by atoms with Crippen LogP contribution >= 0.6 is 0 Å². The Balaban J connectivity index is 0. The number of unbranched alkanes of at least 4 members (excludes halogenated alkanes) is 4. The van der Waals surface area contributed by atoms with E-state index in [2.05, 4.69) is 6.58 Å². The Kier molecular flexibility index (Phi) is 13.4. The molecular formula is C16H29LiNO5+. The van der Waals surface area contributed by atoms with Crippen molar-refractivity contribution in [1.82, 2.24) is 0 Å². The molecule has 128 valence electrons. The summed E-state index contributed by atoms with van der Waals surface area (Å²) in [6, 6.07) is -1.89. The van der Waals surface area contributed by atoms with Crippen LogP contribution in [0.1, 0.15) is 46.0 Å². The van der Waals surface area contributed by atoms with Crippen LogP contribution in [0.25, 0.3) is 0 Å². The maximum atomic E-state index is 11.4. The predicted molar refractivity (Wildman–Crippen MR) is 81.9 cm³/mol. The van der Waals surface area contributed by atoms with E-state index in [-0.39, 0.29) is 36.5 Å². The fourth-order valence-electron chi connectivity index (χ4n) is 2.89. The van der Waals surface area contributed by atoms with Gasteiger partial charge in [-0.25, -0.2) is 4.79 Å². The van der Waals surface area contributed by atoms with E-state index in [1.54, 1.807) is 0 Å². The molecule has 7 heteroatoms. The molecule has 6 nitrogen and oxygen atoms in total. The molecule has 0 radical (unpaired) electrons. The molecule has 0 aliphatic rings. The number of aliphatic carboxylic acids is 2. The summed E-state index contributed by atoms with van der Waals surface area (Å²) >= 11 is 0. The van der Waals surface area contributed by atoms with Crippen molar-refractivity contribution in [2.24, 2.45) is 0 Å². The van der Waals surface area contributed by atoms with Crippen LogP contribution in [0.4, 0.5) is 0 Å². The van der Waals surface area contributed by atoms with Gasteiger partial charge in [0.05, 0.1) is 19.1 Å². The molecule has 0 saturated carbocycles. The minimum atomic E-state index is -1.28. The molecule has 0 heterocycles. The first-order chi connectivity index (χ1) is 10.3. The molecule has 0 rings (SSSR count). The van der Waals surface area contributed by atoms with E-state index in [9.17, 15) is 24.9 Å². The van der Waals surface area contributed by atoms with E-state index in [0.29, 0.717) is 13.0 Å². The zero-order chi connectivity index (χ0) is 17.2. The number of nitrogens with zero attached hydrogens (tertiary/aromatic N) is 1. The van der Waals surface area contributed by atoms with Crippen LogP contribution < -0.4 is 24.0 Å². The number of carbonyl (C=O) groups is 2. The molecule has 0 bridgehead atoms. The van der Waals surface area contributed by atoms with E-state index in [1.807, 2.05) is 6.08 Å². The molecule has 3 unspecified atom stereocenters. The zero-order valence-electron chi connectivity index (χ0n) is 14.7. The molecule has 0 saturated heterocycles. The summed E-state index contributed by atoms with van der Waals surface area (Å²) in [5.74, 6) is -2.35. The second-order valence-corrected chi connectivity index (χ2v) is 5.77. The first kappa shape index (κ1) is 24.4. The number of carbonyl (C=O) groups excluding carboxylic acids is 1. The average Bonchev–Trinajstić information content (AvgIpc) is 2.47. The van der Waals surface area contributed by atoms with E-state index in [1.165, 1.54) is 13.8 Å². The molecule has 2 N–H and O–H groups in total. The molecule has 23 heavy (non-hydrogen) atoms. The van der Waals surface area contributed by atoms with Gasteiger partial charge in [-0.3, -0.25) is 0 Å². The van der Waals surface area contributed by atoms with E-state index in [4.69, 9.17) is 0 Å². The summed E-state index contributed by atoms with van der Waals surface area (Å²) in [4.78, 5) is 22.7. The Bertz CT molecular complexity index is 355. The van der Waals surface area contributed by atoms with E-state index >= 15 is 0 Å². The number of quaternary nitrogens is 1. The molecule has 0 aliphatic heterocycles. The van der Waals surface area contributed by atoms with E-state index < -0.39 is 24.0 Å². The topological polar surface area (TPSA) is 97.7 Å². The van der Waals surface area contributed by atoms with Gasteiger partial charge in [-0.15, -0.1) is 6.58 Å². The number of allylic oxidation sites excluding steroid dienone is 1. The van der Waals surface area contributed by atoms with Gasteiger partial charge in [-0.2, -0.15) is 0 Å². The van der Waals surface area contributed by atoms with Gasteiger partial charge >= 0.3 is 24.8 Å². The molecule has 0 spiro atoms. The maximum Gasteiger partial charge on any atom is 1.00 e. The van der Waals surface area contributed by atoms with Gasteiger partial charge in [0.1, 0.15) is 12.6 Å². The van der Waals surface area contributed by atoms with Gasteiger partial charge in [0.2, 0.25) is 0 Å². The monoisotopic (exact) mass is 322 g/mol. The van der Waals surface area contributed by atoms with Gasteiger partial charge in [-0.05, 0) is 39.5 Å². The van der Waals surface area contributed by atoms with Crippen LogP contribution in [-0.2, 0) is 9.59 Å². The molecule has 0 aromatic carbocycles. The third-order valence-corrected chi connectivity index (χ3v) is 4.49. The summed E-state index contributed by atoms with van der Waals surface area (Å²) in [7, 11) is 0. The quantitative estimate of drug-likeness (QED) is 0.170. The molecule has 0 aliphatic carbocycles. The van der Waals surface area contributed by atoms with Crippen molar-refractivity contribution in [3.8, 4) is 0 Å². The van der Waals surface area contributed by atoms with Crippen molar-refractivity contribution in [3.05, 3.63) is 12.7 Å². The maximum absolute atomic E-state index is 11.4. The molecule has 0 aromatic heterocycles. The molecular weight excluding hydrogens is 293 g/mol. The van der Waals surface area contributed by atoms with Gasteiger partial charge in [0.25, 0.3) is 0 Å². The van der Waals surface area contributed by atoms with Crippen LogP contribution in [-0.4, -0.2) is 58.4 Å². The normalized spacial score (nSPS) is 15.8. The number of hydrogen-bond donors (Lipinski definition) is 2. The Hall–Kier alpha value is -0.803. The number of carboxylic acid groups (broad SMARTS) is 2. The number of aliphatic hydroxyl groups excluding tert-OH is 1. The fourth-order valence-corrected chi connectivity index (χ4v) is 2.89. The number of aliphatic hydroxyl groups is 1. The van der Waals surface area contributed by atoms with Crippen LogP contribution in [0.15, 0.2) is 12.7 Å². The SMILES string of the molecule is C=CCCCCCC[N+](CCO)(C(C)C(=O)[O-])C(C)C(=O)O.[Li+]. The van der Waals surface area contributed by atoms with Crippen molar-refractivity contribution in [2.45, 2.75) is 58.0 Å². The van der Waals surface area contributed by atoms with Gasteiger partial charge in [-0.1, -0.05) is 12.5 Å². The minimum Gasteiger partial charge on any atom is -0.544 e. The molecule has 0 aromatic rings. The Morgan fingerprint density at radius 3 is 2.13 bits per heavy atom. The van der Waals surface area contributed by atoms with Crippen LogP contribution in [0, 0.1) is 0 Å². The largest absolute Gasteiger partial charge is 1.00 e. The summed E-state index contributed by atoms with van der Waals surface area (Å²) in [6.45, 7) is 6.85. The fraction of sp³-hybridized carbons (Fsp3) is 0.750.